The summed E-state index contributed by atoms with van der Waals surface area (Å²) in [5.41, 5.74) is 16.4. The Balaban J connectivity index is 1.17. The van der Waals surface area contributed by atoms with Crippen LogP contribution in [0.3, 0.4) is 0 Å². The molecule has 280 valence electrons. The number of hydrogen-bond donors (Lipinski definition) is 0. The Hall–Kier alpha value is -7.95. The van der Waals surface area contributed by atoms with Crippen molar-refractivity contribution in [3.05, 3.63) is 235 Å². The van der Waals surface area contributed by atoms with E-state index in [2.05, 4.69) is 188 Å². The van der Waals surface area contributed by atoms with Gasteiger partial charge in [-0.3, -0.25) is 4.98 Å². The molecular formula is C56H35N3O. The van der Waals surface area contributed by atoms with Gasteiger partial charge in [0.1, 0.15) is 11.5 Å². The first kappa shape index (κ1) is 34.1. The van der Waals surface area contributed by atoms with E-state index in [9.17, 15) is 0 Å². The molecule has 0 radical (unpaired) electrons. The number of pyridine rings is 1. The molecule has 12 rings (SSSR count). The summed E-state index contributed by atoms with van der Waals surface area (Å²) >= 11 is 0. The Morgan fingerprint density at radius 2 is 0.850 bits per heavy atom. The quantitative estimate of drug-likeness (QED) is 0.175. The van der Waals surface area contributed by atoms with Gasteiger partial charge in [-0.15, -0.1) is 0 Å². The molecule has 0 unspecified atom stereocenters. The average molecular weight is 766 g/mol. The Morgan fingerprint density at radius 1 is 0.367 bits per heavy atom. The van der Waals surface area contributed by atoms with Crippen molar-refractivity contribution < 1.29 is 4.74 Å². The standard InChI is InChI=1S/C56H35N3O/c1-3-15-36(16-4-1)37-30-32-39(33-31-37)49-35-48(38-17-5-2-6-18-38)58-55(59-49)43-23-13-27-47-53(43)52-41(42-22-11-19-40-20-14-34-57-54(40)42)21-12-26-46(52)56(47)44-24-7-9-28-50(44)60-51-29-10-8-25-45(51)56/h1-35H. The molecule has 8 aromatic carbocycles. The molecule has 1 aliphatic carbocycles. The number of ether oxygens (including phenoxy) is 1. The predicted molar refractivity (Wildman–Crippen MR) is 242 cm³/mol. The second-order valence-corrected chi connectivity index (χ2v) is 15.5. The van der Waals surface area contributed by atoms with Gasteiger partial charge in [-0.25, -0.2) is 9.97 Å². The van der Waals surface area contributed by atoms with Crippen LogP contribution in [0.2, 0.25) is 0 Å². The van der Waals surface area contributed by atoms with Crippen molar-refractivity contribution in [2.45, 2.75) is 5.41 Å². The molecule has 2 aliphatic rings. The van der Waals surface area contributed by atoms with Crippen molar-refractivity contribution in [3.63, 3.8) is 0 Å². The summed E-state index contributed by atoms with van der Waals surface area (Å²) in [7, 11) is 0. The zero-order valence-electron chi connectivity index (χ0n) is 32.5. The van der Waals surface area contributed by atoms with E-state index in [0.717, 1.165) is 89.4 Å². The zero-order valence-corrected chi connectivity index (χ0v) is 32.5. The van der Waals surface area contributed by atoms with Crippen LogP contribution in [0.25, 0.3) is 78.2 Å². The van der Waals surface area contributed by atoms with Crippen molar-refractivity contribution in [2.24, 2.45) is 0 Å². The van der Waals surface area contributed by atoms with Crippen LogP contribution >= 0.6 is 0 Å². The number of hydrogen-bond acceptors (Lipinski definition) is 4. The largest absolute Gasteiger partial charge is 0.457 e. The van der Waals surface area contributed by atoms with Crippen LogP contribution in [0.4, 0.5) is 0 Å². The van der Waals surface area contributed by atoms with Gasteiger partial charge in [-0.1, -0.05) is 182 Å². The molecule has 0 saturated carbocycles. The fraction of sp³-hybridized carbons (Fsp3) is 0.0179. The van der Waals surface area contributed by atoms with Crippen molar-refractivity contribution in [3.8, 4) is 78.8 Å². The number of benzene rings is 8. The SMILES string of the molecule is c1ccc(-c2ccc(-c3cc(-c4ccccc4)nc(-c4cccc5c4-c4c(-c6cccc7cccnc67)cccc4C54c5ccccc5Oc5ccccc54)n3)cc2)cc1. The molecule has 60 heavy (non-hydrogen) atoms. The minimum atomic E-state index is -0.687. The van der Waals surface area contributed by atoms with E-state index in [1.807, 2.05) is 24.4 Å². The highest BCUT2D eigenvalue weighted by atomic mass is 16.5. The molecule has 4 heteroatoms. The Morgan fingerprint density at radius 3 is 1.53 bits per heavy atom. The third-order valence-corrected chi connectivity index (χ3v) is 12.2. The van der Waals surface area contributed by atoms with Gasteiger partial charge in [-0.05, 0) is 63.2 Å². The molecule has 0 amide bonds. The maximum Gasteiger partial charge on any atom is 0.161 e. The smallest absolute Gasteiger partial charge is 0.161 e. The van der Waals surface area contributed by atoms with E-state index in [1.54, 1.807) is 0 Å². The molecule has 0 bridgehead atoms. The summed E-state index contributed by atoms with van der Waals surface area (Å²) in [6.07, 6.45) is 1.89. The molecule has 0 saturated heterocycles. The third-order valence-electron chi connectivity index (χ3n) is 12.2. The molecule has 1 aliphatic heterocycles. The van der Waals surface area contributed by atoms with Crippen LogP contribution in [0.15, 0.2) is 212 Å². The van der Waals surface area contributed by atoms with Crippen molar-refractivity contribution >= 4 is 10.9 Å². The van der Waals surface area contributed by atoms with E-state index in [1.165, 1.54) is 16.7 Å². The monoisotopic (exact) mass is 765 g/mol. The minimum absolute atomic E-state index is 0.665. The highest BCUT2D eigenvalue weighted by Gasteiger charge is 2.52. The molecule has 1 spiro atoms. The summed E-state index contributed by atoms with van der Waals surface area (Å²) in [6.45, 7) is 0. The fourth-order valence-corrected chi connectivity index (χ4v) is 9.66. The molecule has 0 fully saturated rings. The maximum atomic E-state index is 6.71. The molecular weight excluding hydrogens is 731 g/mol. The van der Waals surface area contributed by atoms with Gasteiger partial charge < -0.3 is 4.74 Å². The van der Waals surface area contributed by atoms with Crippen LogP contribution in [0.1, 0.15) is 22.3 Å². The lowest BCUT2D eigenvalue weighted by Gasteiger charge is -2.39. The zero-order chi connectivity index (χ0) is 39.6. The highest BCUT2D eigenvalue weighted by Crippen LogP contribution is 2.64. The number of rotatable bonds is 5. The van der Waals surface area contributed by atoms with Crippen LogP contribution in [0, 0.1) is 0 Å². The van der Waals surface area contributed by atoms with Crippen molar-refractivity contribution in [2.75, 3.05) is 0 Å². The summed E-state index contributed by atoms with van der Waals surface area (Å²) in [4.78, 5) is 15.9. The van der Waals surface area contributed by atoms with E-state index in [0.29, 0.717) is 5.82 Å². The van der Waals surface area contributed by atoms with Crippen LogP contribution in [0.5, 0.6) is 11.5 Å². The van der Waals surface area contributed by atoms with Crippen LogP contribution < -0.4 is 4.74 Å². The number of aromatic nitrogens is 3. The molecule has 4 nitrogen and oxygen atoms in total. The van der Waals surface area contributed by atoms with Gasteiger partial charge in [0, 0.05) is 45.0 Å². The average Bonchev–Trinajstić information content (AvgIpc) is 3.63. The van der Waals surface area contributed by atoms with Crippen LogP contribution in [-0.2, 0) is 5.41 Å². The Kier molecular flexibility index (Phi) is 7.72. The lowest BCUT2D eigenvalue weighted by Crippen LogP contribution is -2.32. The summed E-state index contributed by atoms with van der Waals surface area (Å²) < 4.78 is 6.71. The van der Waals surface area contributed by atoms with Crippen molar-refractivity contribution in [1.82, 2.24) is 15.0 Å². The maximum absolute atomic E-state index is 6.71. The second-order valence-electron chi connectivity index (χ2n) is 15.5. The summed E-state index contributed by atoms with van der Waals surface area (Å²) in [5.74, 6) is 2.36. The number of nitrogens with zero attached hydrogens (tertiary/aromatic N) is 3. The van der Waals surface area contributed by atoms with Gasteiger partial charge in [-0.2, -0.15) is 0 Å². The molecule has 3 heterocycles. The first-order chi connectivity index (χ1) is 29.8. The van der Waals surface area contributed by atoms with Crippen LogP contribution in [-0.4, -0.2) is 15.0 Å². The topological polar surface area (TPSA) is 47.9 Å². The van der Waals surface area contributed by atoms with E-state index in [-0.39, 0.29) is 0 Å². The minimum Gasteiger partial charge on any atom is -0.457 e. The Labute approximate surface area is 348 Å². The molecule has 0 N–H and O–H groups in total. The van der Waals surface area contributed by atoms with E-state index >= 15 is 0 Å². The lowest BCUT2D eigenvalue weighted by atomic mass is 9.66. The van der Waals surface area contributed by atoms with Crippen molar-refractivity contribution in [1.29, 1.82) is 0 Å². The van der Waals surface area contributed by atoms with Gasteiger partial charge >= 0.3 is 0 Å². The second kappa shape index (κ2) is 13.6. The molecule has 10 aromatic rings. The van der Waals surface area contributed by atoms with E-state index in [4.69, 9.17) is 19.7 Å². The first-order valence-electron chi connectivity index (χ1n) is 20.3. The third kappa shape index (κ3) is 5.14. The summed E-state index contributed by atoms with van der Waals surface area (Å²) in [6, 6.07) is 72.8. The highest BCUT2D eigenvalue weighted by molar-refractivity contribution is 6.05. The van der Waals surface area contributed by atoms with Gasteiger partial charge in [0.25, 0.3) is 0 Å². The predicted octanol–water partition coefficient (Wildman–Crippen LogP) is 13.8. The number of para-hydroxylation sites is 3. The fourth-order valence-electron chi connectivity index (χ4n) is 9.66. The van der Waals surface area contributed by atoms with Gasteiger partial charge in [0.15, 0.2) is 5.82 Å². The van der Waals surface area contributed by atoms with Gasteiger partial charge in [0.05, 0.1) is 22.3 Å². The summed E-state index contributed by atoms with van der Waals surface area (Å²) in [5, 5.41) is 1.09. The lowest BCUT2D eigenvalue weighted by molar-refractivity contribution is 0.436. The van der Waals surface area contributed by atoms with Gasteiger partial charge in [0.2, 0.25) is 0 Å². The number of fused-ring (bicyclic) bond motifs is 10. The molecule has 0 atom stereocenters. The first-order valence-corrected chi connectivity index (χ1v) is 20.3. The van der Waals surface area contributed by atoms with E-state index < -0.39 is 5.41 Å². The Bertz CT molecular complexity index is 3230. The normalized spacial score (nSPS) is 12.9. The molecule has 2 aromatic heterocycles.